The lowest BCUT2D eigenvalue weighted by Crippen LogP contribution is -2.28. The van der Waals surface area contributed by atoms with Crippen molar-refractivity contribution in [2.24, 2.45) is 19.8 Å². The highest BCUT2D eigenvalue weighted by molar-refractivity contribution is 6.31. The summed E-state index contributed by atoms with van der Waals surface area (Å²) in [6.07, 6.45) is 7.10. The summed E-state index contributed by atoms with van der Waals surface area (Å²) in [5.74, 6) is -3.84. The molecular weight excluding hydrogens is 927 g/mol. The van der Waals surface area contributed by atoms with E-state index in [2.05, 4.69) is 26.1 Å². The van der Waals surface area contributed by atoms with E-state index in [1.165, 1.54) is 54.6 Å². The third-order valence-corrected chi connectivity index (χ3v) is 11.2. The van der Waals surface area contributed by atoms with Gasteiger partial charge in [0.25, 0.3) is 11.8 Å². The molecule has 0 unspecified atom stereocenters. The summed E-state index contributed by atoms with van der Waals surface area (Å²) in [4.78, 5) is 47.8. The molecule has 0 bridgehead atoms. The predicted octanol–water partition coefficient (Wildman–Crippen LogP) is 9.02. The van der Waals surface area contributed by atoms with E-state index in [9.17, 15) is 36.7 Å². The lowest BCUT2D eigenvalue weighted by molar-refractivity contribution is -0.137. The normalized spacial score (nSPS) is 14.3. The molecule has 0 aliphatic heterocycles. The van der Waals surface area contributed by atoms with E-state index in [1.807, 2.05) is 25.4 Å². The molecule has 66 heavy (non-hydrogen) atoms. The Hall–Kier alpha value is -6.27. The Kier molecular flexibility index (Phi) is 17.5. The number of hydrogen-bond donors (Lipinski definition) is 5. The first-order chi connectivity index (χ1) is 31.0. The third kappa shape index (κ3) is 13.0. The van der Waals surface area contributed by atoms with E-state index in [4.69, 9.17) is 34.0 Å². The number of aromatic nitrogens is 4. The van der Waals surface area contributed by atoms with Gasteiger partial charge in [-0.25, -0.2) is 17.6 Å². The molecule has 20 heteroatoms. The number of hydrogen-bond acceptors (Lipinski definition) is 7. The second-order valence-corrected chi connectivity index (χ2v) is 16.1. The number of carboxylic acids is 1. The molecule has 0 fully saturated rings. The van der Waals surface area contributed by atoms with E-state index in [-0.39, 0.29) is 53.1 Å². The Morgan fingerprint density at radius 2 is 1.14 bits per heavy atom. The zero-order chi connectivity index (χ0) is 46.9. The van der Waals surface area contributed by atoms with Crippen LogP contribution in [0.1, 0.15) is 92.1 Å². The SMILES string of the molecule is Cl.Cn1ccc(CCC(=O)N[C@H]2CCc3c(C(=O)Nc4ccc(F)c(Cl)c4)ccc(F)c32)n1.Cn1ccc(CCC(=O)O)n1.N[C@H]1CCc2c(C(=O)Nc3ccc(F)c(Cl)c3)ccc(F)c21. The lowest BCUT2D eigenvalue weighted by Gasteiger charge is -2.16. The molecule has 0 saturated heterocycles. The molecule has 3 amide bonds. The summed E-state index contributed by atoms with van der Waals surface area (Å²) in [5, 5.41) is 24.6. The number of nitrogens with zero attached hydrogens (tertiary/aromatic N) is 4. The first-order valence-corrected chi connectivity index (χ1v) is 21.1. The van der Waals surface area contributed by atoms with Gasteiger partial charge in [-0.2, -0.15) is 10.2 Å². The number of amides is 3. The summed E-state index contributed by atoms with van der Waals surface area (Å²) < 4.78 is 58.3. The molecule has 0 spiro atoms. The number of carbonyl (C=O) groups excluding carboxylic acids is 3. The largest absolute Gasteiger partial charge is 0.481 e. The fourth-order valence-electron chi connectivity index (χ4n) is 7.52. The fraction of sp³-hybridized carbons (Fsp3) is 0.261. The molecular formula is C46H45Cl3F4N8O5. The van der Waals surface area contributed by atoms with Crippen LogP contribution in [-0.2, 0) is 49.4 Å². The maximum Gasteiger partial charge on any atom is 0.303 e. The van der Waals surface area contributed by atoms with Gasteiger partial charge in [-0.3, -0.25) is 28.5 Å². The third-order valence-electron chi connectivity index (χ3n) is 10.6. The van der Waals surface area contributed by atoms with Crippen LogP contribution in [0.25, 0.3) is 0 Å². The monoisotopic (exact) mass is 970 g/mol. The van der Waals surface area contributed by atoms with Crippen molar-refractivity contribution in [1.82, 2.24) is 24.9 Å². The molecule has 2 atom stereocenters. The minimum absolute atomic E-state index is 0. The number of carbonyl (C=O) groups is 4. The average Bonchev–Trinajstić information content (AvgIpc) is 4.08. The highest BCUT2D eigenvalue weighted by atomic mass is 35.5. The van der Waals surface area contributed by atoms with Crippen molar-refractivity contribution in [1.29, 1.82) is 0 Å². The number of halogens is 7. The Morgan fingerprint density at radius 3 is 1.61 bits per heavy atom. The molecule has 2 heterocycles. The van der Waals surface area contributed by atoms with E-state index in [0.717, 1.165) is 17.5 Å². The van der Waals surface area contributed by atoms with Crippen LogP contribution in [0.4, 0.5) is 28.9 Å². The second-order valence-electron chi connectivity index (χ2n) is 15.3. The summed E-state index contributed by atoms with van der Waals surface area (Å²) in [5.41, 5.74) is 10.8. The summed E-state index contributed by atoms with van der Waals surface area (Å²) in [6, 6.07) is 15.9. The Bertz CT molecular complexity index is 2750. The summed E-state index contributed by atoms with van der Waals surface area (Å²) in [6.45, 7) is 0. The van der Waals surface area contributed by atoms with Gasteiger partial charge in [-0.15, -0.1) is 12.4 Å². The van der Waals surface area contributed by atoms with Crippen molar-refractivity contribution >= 4 is 70.7 Å². The van der Waals surface area contributed by atoms with Crippen LogP contribution in [0, 0.1) is 23.3 Å². The van der Waals surface area contributed by atoms with Crippen LogP contribution >= 0.6 is 35.6 Å². The van der Waals surface area contributed by atoms with Crippen molar-refractivity contribution in [3.8, 4) is 0 Å². The summed E-state index contributed by atoms with van der Waals surface area (Å²) in [7, 11) is 3.62. The van der Waals surface area contributed by atoms with Crippen LogP contribution in [-0.4, -0.2) is 48.4 Å². The number of aliphatic carboxylic acids is 1. The van der Waals surface area contributed by atoms with Crippen molar-refractivity contribution in [2.75, 3.05) is 10.6 Å². The molecule has 6 aromatic rings. The second kappa shape index (κ2) is 22.8. The maximum atomic E-state index is 14.7. The van der Waals surface area contributed by atoms with Gasteiger partial charge >= 0.3 is 5.97 Å². The highest BCUT2D eigenvalue weighted by Crippen LogP contribution is 2.37. The van der Waals surface area contributed by atoms with Gasteiger partial charge in [-0.05, 0) is 110 Å². The van der Waals surface area contributed by atoms with Crippen LogP contribution in [0.5, 0.6) is 0 Å². The van der Waals surface area contributed by atoms with Gasteiger partial charge in [0, 0.05) is 85.4 Å². The van der Waals surface area contributed by atoms with Gasteiger partial charge in [0.1, 0.15) is 23.3 Å². The van der Waals surface area contributed by atoms with Crippen molar-refractivity contribution in [3.05, 3.63) is 163 Å². The van der Waals surface area contributed by atoms with Crippen molar-refractivity contribution in [3.63, 3.8) is 0 Å². The minimum atomic E-state index is -0.782. The average molecular weight is 972 g/mol. The first-order valence-electron chi connectivity index (χ1n) is 20.4. The van der Waals surface area contributed by atoms with Crippen molar-refractivity contribution in [2.45, 2.75) is 63.5 Å². The number of carboxylic acid groups (broad SMARTS) is 1. The lowest BCUT2D eigenvalue weighted by atomic mass is 10.0. The van der Waals surface area contributed by atoms with Gasteiger partial charge in [0.2, 0.25) is 5.91 Å². The zero-order valence-electron chi connectivity index (χ0n) is 35.5. The smallest absolute Gasteiger partial charge is 0.303 e. The first kappa shape index (κ1) is 50.7. The number of fused-ring (bicyclic) bond motifs is 2. The molecule has 2 aliphatic rings. The fourth-order valence-corrected chi connectivity index (χ4v) is 7.88. The van der Waals surface area contributed by atoms with E-state index in [1.54, 1.807) is 22.6 Å². The summed E-state index contributed by atoms with van der Waals surface area (Å²) >= 11 is 11.5. The number of nitrogens with one attached hydrogen (secondary N) is 3. The van der Waals surface area contributed by atoms with Crippen LogP contribution in [0.3, 0.4) is 0 Å². The molecule has 348 valence electrons. The molecule has 6 N–H and O–H groups in total. The van der Waals surface area contributed by atoms with E-state index < -0.39 is 41.3 Å². The molecule has 2 aromatic heterocycles. The maximum absolute atomic E-state index is 14.7. The molecule has 0 radical (unpaired) electrons. The van der Waals surface area contributed by atoms with Gasteiger partial charge in [0.05, 0.1) is 33.9 Å². The van der Waals surface area contributed by atoms with Crippen LogP contribution in [0.2, 0.25) is 10.0 Å². The Morgan fingerprint density at radius 1 is 0.682 bits per heavy atom. The van der Waals surface area contributed by atoms with Gasteiger partial charge in [0.15, 0.2) is 0 Å². The highest BCUT2D eigenvalue weighted by Gasteiger charge is 2.31. The molecule has 8 rings (SSSR count). The topological polar surface area (TPSA) is 186 Å². The number of benzene rings is 4. The van der Waals surface area contributed by atoms with E-state index in [0.29, 0.717) is 83.3 Å². The van der Waals surface area contributed by atoms with Gasteiger partial charge in [-0.1, -0.05) is 23.2 Å². The van der Waals surface area contributed by atoms with Gasteiger partial charge < -0.3 is 26.8 Å². The number of nitrogens with two attached hydrogens (primary N) is 1. The van der Waals surface area contributed by atoms with Crippen LogP contribution < -0.4 is 21.7 Å². The standard InChI is InChI=1S/C23H21ClF2N4O2.C16H13ClF2N2O.C7H10N2O2.ClH/c1-30-11-10-13(29-30)3-9-21(31)28-20-8-5-15-16(4-7-19(26)22(15)20)23(32)27-14-2-6-18(25)17(24)12-14;17-11-7-8(1-4-12(11)18)21-16(22)10-2-5-13(19)15-9(10)3-6-14(15)20;1-9-5-4-6(8-9)2-3-7(10)11;/h2,4,6-7,10-12,20H,3,5,8-9H2,1H3,(H,27,32)(H,28,31);1-2,4-5,7,14H,3,6,20H2,(H,21,22);4-5H,2-3H2,1H3,(H,10,11);1H/t20-;14-;;/m00../s1. The van der Waals surface area contributed by atoms with Crippen molar-refractivity contribution < 1.29 is 41.8 Å². The van der Waals surface area contributed by atoms with Crippen LogP contribution in [0.15, 0.2) is 85.2 Å². The Labute approximate surface area is 393 Å². The molecule has 0 saturated carbocycles. The molecule has 2 aliphatic carbocycles. The predicted molar refractivity (Wildman–Crippen MR) is 244 cm³/mol. The number of anilines is 2. The Balaban J connectivity index is 0.000000207. The van der Waals surface area contributed by atoms with E-state index >= 15 is 0 Å². The minimum Gasteiger partial charge on any atom is -0.481 e. The molecule has 4 aromatic carbocycles. The number of rotatable bonds is 11. The quantitative estimate of drug-likeness (QED) is 0.0796. The number of aryl methyl sites for hydroxylation is 4. The molecule has 13 nitrogen and oxygen atoms in total. The zero-order valence-corrected chi connectivity index (χ0v) is 37.8.